The summed E-state index contributed by atoms with van der Waals surface area (Å²) in [5.74, 6) is 0.987. The third-order valence-electron chi connectivity index (χ3n) is 4.07. The number of hydrogen-bond donors (Lipinski definition) is 1. The Morgan fingerprint density at radius 3 is 2.86 bits per heavy atom. The van der Waals surface area contributed by atoms with Crippen LogP contribution in [-0.4, -0.2) is 17.8 Å². The van der Waals surface area contributed by atoms with Crippen LogP contribution in [0.3, 0.4) is 0 Å². The minimum atomic E-state index is 0.0131. The molecule has 0 saturated carbocycles. The van der Waals surface area contributed by atoms with Gasteiger partial charge in [0.05, 0.1) is 6.61 Å². The Morgan fingerprint density at radius 1 is 1.29 bits per heavy atom. The van der Waals surface area contributed by atoms with Crippen molar-refractivity contribution in [3.8, 4) is 5.75 Å². The fourth-order valence-corrected chi connectivity index (χ4v) is 3.29. The number of aryl methyl sites for hydroxylation is 1. The maximum Gasteiger partial charge on any atom is 0.123 e. The van der Waals surface area contributed by atoms with E-state index < -0.39 is 0 Å². The van der Waals surface area contributed by atoms with E-state index in [-0.39, 0.29) is 18.6 Å². The highest BCUT2D eigenvalue weighted by Gasteiger charge is 2.27. The van der Waals surface area contributed by atoms with Gasteiger partial charge in [0.15, 0.2) is 0 Å². The molecule has 21 heavy (non-hydrogen) atoms. The van der Waals surface area contributed by atoms with Gasteiger partial charge in [0.2, 0.25) is 0 Å². The number of aliphatic hydroxyl groups is 1. The van der Waals surface area contributed by atoms with Crippen molar-refractivity contribution in [1.29, 1.82) is 0 Å². The topological polar surface area (TPSA) is 29.5 Å². The number of halogens is 1. The summed E-state index contributed by atoms with van der Waals surface area (Å²) in [6, 6.07) is 14.0. The molecule has 1 N–H and O–H groups in total. The average molecular weight is 303 g/mol. The van der Waals surface area contributed by atoms with Crippen LogP contribution in [0.1, 0.15) is 29.0 Å². The van der Waals surface area contributed by atoms with Gasteiger partial charge in [-0.2, -0.15) is 0 Å². The minimum Gasteiger partial charge on any atom is -0.490 e. The highest BCUT2D eigenvalue weighted by Crippen LogP contribution is 2.35. The molecule has 0 saturated heterocycles. The molecule has 110 valence electrons. The predicted molar refractivity (Wildman–Crippen MR) is 85.2 cm³/mol. The second-order valence-electron chi connectivity index (χ2n) is 5.69. The van der Waals surface area contributed by atoms with Gasteiger partial charge in [0.25, 0.3) is 0 Å². The van der Waals surface area contributed by atoms with E-state index in [1.807, 2.05) is 30.3 Å². The molecular weight excluding hydrogens is 284 g/mol. The van der Waals surface area contributed by atoms with Gasteiger partial charge in [-0.3, -0.25) is 0 Å². The third-order valence-corrected chi connectivity index (χ3v) is 4.41. The molecule has 2 unspecified atom stereocenters. The zero-order valence-corrected chi connectivity index (χ0v) is 12.8. The van der Waals surface area contributed by atoms with E-state index in [2.05, 4.69) is 19.1 Å². The minimum absolute atomic E-state index is 0.0131. The molecule has 1 aliphatic heterocycles. The zero-order chi connectivity index (χ0) is 14.8. The third kappa shape index (κ3) is 3.07. The van der Waals surface area contributed by atoms with Gasteiger partial charge in [-0.05, 0) is 36.6 Å². The van der Waals surface area contributed by atoms with Crippen molar-refractivity contribution in [3.63, 3.8) is 0 Å². The fraction of sp³-hybridized carbons (Fsp3) is 0.333. The molecule has 2 aromatic carbocycles. The average Bonchev–Trinajstić information content (AvgIpc) is 2.87. The summed E-state index contributed by atoms with van der Waals surface area (Å²) in [4.78, 5) is 0. The van der Waals surface area contributed by atoms with Crippen LogP contribution in [0, 0.1) is 6.92 Å². The van der Waals surface area contributed by atoms with Crippen LogP contribution in [0.15, 0.2) is 42.5 Å². The first kappa shape index (κ1) is 14.4. The Kier molecular flexibility index (Phi) is 4.18. The molecule has 0 aliphatic carbocycles. The number of aliphatic hydroxyl groups excluding tert-OH is 1. The summed E-state index contributed by atoms with van der Waals surface area (Å²) in [7, 11) is 0. The molecule has 2 atom stereocenters. The van der Waals surface area contributed by atoms with Crippen molar-refractivity contribution >= 4 is 11.6 Å². The van der Waals surface area contributed by atoms with Crippen LogP contribution < -0.4 is 4.74 Å². The van der Waals surface area contributed by atoms with E-state index in [1.165, 1.54) is 11.1 Å². The van der Waals surface area contributed by atoms with E-state index in [4.69, 9.17) is 16.3 Å². The van der Waals surface area contributed by atoms with Crippen molar-refractivity contribution < 1.29 is 9.84 Å². The van der Waals surface area contributed by atoms with Gasteiger partial charge < -0.3 is 9.84 Å². The molecule has 0 bridgehead atoms. The normalized spacial score (nSPS) is 18.1. The Balaban J connectivity index is 1.74. The Bertz CT molecular complexity index is 639. The lowest BCUT2D eigenvalue weighted by Gasteiger charge is -2.20. The standard InChI is InChI=1S/C18H19ClO2/c1-12-6-7-18-13(8-12)9-15(21-18)10-14(11-20)16-4-2-3-5-17(16)19/h2-8,14-15,20H,9-11H2,1H3. The van der Waals surface area contributed by atoms with Crippen LogP contribution in [0.4, 0.5) is 0 Å². The van der Waals surface area contributed by atoms with Crippen LogP contribution in [0.2, 0.25) is 5.02 Å². The molecule has 3 rings (SSSR count). The number of fused-ring (bicyclic) bond motifs is 1. The summed E-state index contributed by atoms with van der Waals surface area (Å²) in [5.41, 5.74) is 3.51. The Labute approximate surface area is 130 Å². The maximum atomic E-state index is 9.71. The number of hydrogen-bond acceptors (Lipinski definition) is 2. The van der Waals surface area contributed by atoms with Gasteiger partial charge in [0.1, 0.15) is 11.9 Å². The fourth-order valence-electron chi connectivity index (χ4n) is 3.00. The van der Waals surface area contributed by atoms with Gasteiger partial charge in [-0.25, -0.2) is 0 Å². The molecule has 1 heterocycles. The first-order chi connectivity index (χ1) is 10.2. The molecule has 3 heteroatoms. The molecule has 0 radical (unpaired) electrons. The lowest BCUT2D eigenvalue weighted by atomic mass is 9.92. The molecule has 0 fully saturated rings. The Morgan fingerprint density at radius 2 is 2.10 bits per heavy atom. The van der Waals surface area contributed by atoms with E-state index in [1.54, 1.807) is 0 Å². The van der Waals surface area contributed by atoms with Crippen LogP contribution in [0.5, 0.6) is 5.75 Å². The molecule has 0 spiro atoms. The summed E-state index contributed by atoms with van der Waals surface area (Å²) in [6.07, 6.45) is 1.78. The van der Waals surface area contributed by atoms with Gasteiger partial charge in [-0.1, -0.05) is 47.5 Å². The second kappa shape index (κ2) is 6.08. The Hall–Kier alpha value is -1.51. The summed E-state index contributed by atoms with van der Waals surface area (Å²) >= 11 is 6.24. The molecule has 2 aromatic rings. The highest BCUT2D eigenvalue weighted by atomic mass is 35.5. The van der Waals surface area contributed by atoms with Crippen molar-refractivity contribution in [2.75, 3.05) is 6.61 Å². The zero-order valence-electron chi connectivity index (χ0n) is 12.1. The van der Waals surface area contributed by atoms with Crippen molar-refractivity contribution in [1.82, 2.24) is 0 Å². The monoisotopic (exact) mass is 302 g/mol. The van der Waals surface area contributed by atoms with Crippen LogP contribution in [0.25, 0.3) is 0 Å². The van der Waals surface area contributed by atoms with E-state index in [0.29, 0.717) is 5.02 Å². The maximum absolute atomic E-state index is 9.71. The molecule has 0 amide bonds. The smallest absolute Gasteiger partial charge is 0.123 e. The quantitative estimate of drug-likeness (QED) is 0.920. The summed E-state index contributed by atoms with van der Waals surface area (Å²) in [5, 5.41) is 10.4. The van der Waals surface area contributed by atoms with E-state index in [9.17, 15) is 5.11 Å². The largest absolute Gasteiger partial charge is 0.490 e. The number of rotatable bonds is 4. The summed E-state index contributed by atoms with van der Waals surface area (Å²) < 4.78 is 6.00. The molecular formula is C18H19ClO2. The SMILES string of the molecule is Cc1ccc2c(c1)CC(CC(CO)c1ccccc1Cl)O2. The first-order valence-corrected chi connectivity index (χ1v) is 7.66. The summed E-state index contributed by atoms with van der Waals surface area (Å²) in [6.45, 7) is 2.17. The van der Waals surface area contributed by atoms with E-state index >= 15 is 0 Å². The number of ether oxygens (including phenoxy) is 1. The second-order valence-corrected chi connectivity index (χ2v) is 6.10. The van der Waals surface area contributed by atoms with Gasteiger partial charge in [-0.15, -0.1) is 0 Å². The van der Waals surface area contributed by atoms with Gasteiger partial charge in [0, 0.05) is 17.4 Å². The van der Waals surface area contributed by atoms with Crippen LogP contribution >= 0.6 is 11.6 Å². The van der Waals surface area contributed by atoms with Gasteiger partial charge >= 0.3 is 0 Å². The van der Waals surface area contributed by atoms with Crippen LogP contribution in [-0.2, 0) is 6.42 Å². The van der Waals surface area contributed by atoms with Crippen molar-refractivity contribution in [3.05, 3.63) is 64.2 Å². The lowest BCUT2D eigenvalue weighted by molar-refractivity contribution is 0.179. The first-order valence-electron chi connectivity index (χ1n) is 7.29. The number of benzene rings is 2. The molecule has 1 aliphatic rings. The lowest BCUT2D eigenvalue weighted by Crippen LogP contribution is -2.19. The highest BCUT2D eigenvalue weighted by molar-refractivity contribution is 6.31. The van der Waals surface area contributed by atoms with E-state index in [0.717, 1.165) is 24.2 Å². The van der Waals surface area contributed by atoms with Crippen molar-refractivity contribution in [2.24, 2.45) is 0 Å². The molecule has 2 nitrogen and oxygen atoms in total. The molecule has 0 aromatic heterocycles. The van der Waals surface area contributed by atoms with Crippen molar-refractivity contribution in [2.45, 2.75) is 31.8 Å². The predicted octanol–water partition coefficient (Wildman–Crippen LogP) is 4.12.